The van der Waals surface area contributed by atoms with E-state index in [0.29, 0.717) is 5.69 Å². The van der Waals surface area contributed by atoms with Gasteiger partial charge in [-0.15, -0.1) is 0 Å². The number of carbonyl (C=O) groups is 1. The maximum atomic E-state index is 12.3. The summed E-state index contributed by atoms with van der Waals surface area (Å²) in [4.78, 5) is 15.0. The molecule has 2 rings (SSSR count). The third kappa shape index (κ3) is 3.21. The minimum atomic E-state index is -3.61. The fraction of sp³-hybridized carbons (Fsp3) is 0.143. The van der Waals surface area contributed by atoms with Gasteiger partial charge in [0.25, 0.3) is 0 Å². The lowest BCUT2D eigenvalue weighted by atomic mass is 10.2. The number of carboxylic acid groups (broad SMARTS) is 1. The number of hydrogen-bond donors (Lipinski definition) is 1. The summed E-state index contributed by atoms with van der Waals surface area (Å²) >= 11 is 0. The van der Waals surface area contributed by atoms with E-state index in [1.807, 2.05) is 0 Å². The molecule has 0 aliphatic rings. The highest BCUT2D eigenvalue weighted by molar-refractivity contribution is 7.90. The Morgan fingerprint density at radius 3 is 2.55 bits per heavy atom. The van der Waals surface area contributed by atoms with Gasteiger partial charge in [0.15, 0.2) is 9.84 Å². The van der Waals surface area contributed by atoms with Crippen LogP contribution in [0, 0.1) is 6.92 Å². The molecule has 0 fully saturated rings. The number of pyridine rings is 1. The summed E-state index contributed by atoms with van der Waals surface area (Å²) in [5.41, 5.74) is 1.12. The van der Waals surface area contributed by atoms with Gasteiger partial charge in [-0.2, -0.15) is 0 Å². The number of nitrogens with zero attached hydrogens (tertiary/aromatic N) is 1. The van der Waals surface area contributed by atoms with E-state index in [9.17, 15) is 13.2 Å². The molecule has 2 aromatic rings. The molecule has 5 nitrogen and oxygen atoms in total. The lowest BCUT2D eigenvalue weighted by Gasteiger charge is -2.05. The first-order chi connectivity index (χ1) is 9.38. The quantitative estimate of drug-likeness (QED) is 0.932. The third-order valence-corrected chi connectivity index (χ3v) is 4.37. The van der Waals surface area contributed by atoms with E-state index in [1.165, 1.54) is 18.2 Å². The summed E-state index contributed by atoms with van der Waals surface area (Å²) in [5, 5.41) is 8.89. The van der Waals surface area contributed by atoms with Crippen LogP contribution in [0.5, 0.6) is 0 Å². The normalized spacial score (nSPS) is 11.2. The Labute approximate surface area is 116 Å². The minimum Gasteiger partial charge on any atom is -0.478 e. The molecule has 0 amide bonds. The Bertz CT molecular complexity index is 753. The van der Waals surface area contributed by atoms with Crippen molar-refractivity contribution in [3.63, 3.8) is 0 Å². The van der Waals surface area contributed by atoms with Gasteiger partial charge in [-0.3, -0.25) is 4.98 Å². The predicted molar refractivity (Wildman–Crippen MR) is 73.3 cm³/mol. The number of aryl methyl sites for hydroxylation is 1. The van der Waals surface area contributed by atoms with Gasteiger partial charge in [0.2, 0.25) is 0 Å². The molecule has 0 aliphatic carbocycles. The molecule has 1 aromatic heterocycles. The minimum absolute atomic E-state index is 0.0132. The number of carboxylic acids is 1. The highest BCUT2D eigenvalue weighted by Gasteiger charge is 2.17. The van der Waals surface area contributed by atoms with Gasteiger partial charge in [-0.1, -0.05) is 12.1 Å². The number of sulfone groups is 1. The van der Waals surface area contributed by atoms with Crippen LogP contribution in [0.1, 0.15) is 21.7 Å². The van der Waals surface area contributed by atoms with Crippen LogP contribution < -0.4 is 0 Å². The zero-order valence-electron chi connectivity index (χ0n) is 10.8. The lowest BCUT2D eigenvalue weighted by molar-refractivity contribution is 0.0696. The van der Waals surface area contributed by atoms with Crippen molar-refractivity contribution in [2.45, 2.75) is 17.6 Å². The summed E-state index contributed by atoms with van der Waals surface area (Å²) < 4.78 is 24.5. The Morgan fingerprint density at radius 2 is 1.90 bits per heavy atom. The Kier molecular flexibility index (Phi) is 3.85. The number of hydrogen-bond acceptors (Lipinski definition) is 4. The van der Waals surface area contributed by atoms with E-state index in [2.05, 4.69) is 4.98 Å². The molecule has 0 atom stereocenters. The van der Waals surface area contributed by atoms with E-state index in [0.717, 1.165) is 11.8 Å². The molecule has 0 spiro atoms. The van der Waals surface area contributed by atoms with Crippen LogP contribution in [0.3, 0.4) is 0 Å². The average Bonchev–Trinajstić information content (AvgIpc) is 2.38. The molecule has 0 radical (unpaired) electrons. The van der Waals surface area contributed by atoms with Gasteiger partial charge in [0.1, 0.15) is 0 Å². The van der Waals surface area contributed by atoms with Gasteiger partial charge >= 0.3 is 5.97 Å². The monoisotopic (exact) mass is 291 g/mol. The molecule has 1 aromatic carbocycles. The maximum Gasteiger partial charge on any atom is 0.335 e. The number of benzene rings is 1. The van der Waals surface area contributed by atoms with Gasteiger partial charge in [0.05, 0.1) is 21.9 Å². The maximum absolute atomic E-state index is 12.3. The van der Waals surface area contributed by atoms with Crippen LogP contribution in [-0.4, -0.2) is 24.5 Å². The largest absolute Gasteiger partial charge is 0.478 e. The first kappa shape index (κ1) is 14.2. The van der Waals surface area contributed by atoms with E-state index in [-0.39, 0.29) is 16.2 Å². The van der Waals surface area contributed by atoms with Crippen LogP contribution in [0.4, 0.5) is 0 Å². The number of rotatable bonds is 4. The average molecular weight is 291 g/mol. The summed E-state index contributed by atoms with van der Waals surface area (Å²) in [5.74, 6) is -1.41. The molecular weight excluding hydrogens is 278 g/mol. The van der Waals surface area contributed by atoms with Crippen molar-refractivity contribution < 1.29 is 18.3 Å². The third-order valence-electron chi connectivity index (χ3n) is 2.72. The first-order valence-electron chi connectivity index (χ1n) is 5.87. The number of aromatic carboxylic acids is 1. The fourth-order valence-electron chi connectivity index (χ4n) is 1.78. The highest BCUT2D eigenvalue weighted by atomic mass is 32.2. The molecule has 0 saturated carbocycles. The van der Waals surface area contributed by atoms with Gasteiger partial charge < -0.3 is 5.11 Å². The Hall–Kier alpha value is -2.21. The van der Waals surface area contributed by atoms with Crippen molar-refractivity contribution in [2.75, 3.05) is 0 Å². The topological polar surface area (TPSA) is 84.3 Å². The molecule has 1 N–H and O–H groups in total. The van der Waals surface area contributed by atoms with Crippen molar-refractivity contribution in [1.82, 2.24) is 4.98 Å². The van der Waals surface area contributed by atoms with E-state index in [4.69, 9.17) is 5.11 Å². The second kappa shape index (κ2) is 5.42. The van der Waals surface area contributed by atoms with Crippen molar-refractivity contribution in [2.24, 2.45) is 0 Å². The molecule has 0 bridgehead atoms. The molecule has 0 aliphatic heterocycles. The molecule has 20 heavy (non-hydrogen) atoms. The van der Waals surface area contributed by atoms with Gasteiger partial charge in [-0.05, 0) is 37.3 Å². The summed E-state index contributed by atoms with van der Waals surface area (Å²) in [7, 11) is -3.61. The number of aromatic nitrogens is 1. The smallest absolute Gasteiger partial charge is 0.335 e. The summed E-state index contributed by atoms with van der Waals surface area (Å²) in [6.45, 7) is 1.78. The fourth-order valence-corrected chi connectivity index (χ4v) is 3.09. The van der Waals surface area contributed by atoms with Gasteiger partial charge in [0, 0.05) is 5.69 Å². The molecule has 0 unspecified atom stereocenters. The van der Waals surface area contributed by atoms with Crippen LogP contribution in [0.2, 0.25) is 0 Å². The lowest BCUT2D eigenvalue weighted by Crippen LogP contribution is -2.08. The highest BCUT2D eigenvalue weighted by Crippen LogP contribution is 2.17. The second-order valence-electron chi connectivity index (χ2n) is 4.36. The summed E-state index contributed by atoms with van der Waals surface area (Å²) in [6, 6.07) is 10.5. The van der Waals surface area contributed by atoms with Gasteiger partial charge in [-0.25, -0.2) is 13.2 Å². The van der Waals surface area contributed by atoms with Crippen LogP contribution >= 0.6 is 0 Å². The van der Waals surface area contributed by atoms with Crippen molar-refractivity contribution >= 4 is 15.8 Å². The van der Waals surface area contributed by atoms with E-state index in [1.54, 1.807) is 25.1 Å². The molecular formula is C14H13NO4S. The molecule has 0 saturated heterocycles. The Morgan fingerprint density at radius 1 is 1.20 bits per heavy atom. The second-order valence-corrected chi connectivity index (χ2v) is 6.35. The summed E-state index contributed by atoms with van der Waals surface area (Å²) in [6.07, 6.45) is 0. The van der Waals surface area contributed by atoms with Crippen LogP contribution in [0.15, 0.2) is 47.4 Å². The molecule has 104 valence electrons. The van der Waals surface area contributed by atoms with E-state index < -0.39 is 15.8 Å². The predicted octanol–water partition coefficient (Wildman–Crippen LogP) is 2.06. The SMILES string of the molecule is Cc1cccc(CS(=O)(=O)c2cccc(C(=O)O)c2)n1. The zero-order chi connectivity index (χ0) is 14.8. The Balaban J connectivity index is 2.35. The van der Waals surface area contributed by atoms with Crippen molar-refractivity contribution in [1.29, 1.82) is 0 Å². The van der Waals surface area contributed by atoms with Crippen molar-refractivity contribution in [3.05, 3.63) is 59.4 Å². The molecule has 6 heteroatoms. The standard InChI is InChI=1S/C14H13NO4S/c1-10-4-2-6-12(15-10)9-20(18,19)13-7-3-5-11(8-13)14(16)17/h2-8H,9H2,1H3,(H,16,17). The zero-order valence-corrected chi connectivity index (χ0v) is 11.6. The van der Waals surface area contributed by atoms with Crippen LogP contribution in [-0.2, 0) is 15.6 Å². The molecule has 1 heterocycles. The van der Waals surface area contributed by atoms with E-state index >= 15 is 0 Å². The van der Waals surface area contributed by atoms with Crippen molar-refractivity contribution in [3.8, 4) is 0 Å². The first-order valence-corrected chi connectivity index (χ1v) is 7.52. The van der Waals surface area contributed by atoms with Crippen LogP contribution in [0.25, 0.3) is 0 Å².